The molecule has 0 spiro atoms. The van der Waals surface area contributed by atoms with E-state index in [0.29, 0.717) is 25.9 Å². The molecule has 1 heterocycles. The summed E-state index contributed by atoms with van der Waals surface area (Å²) in [7, 11) is 0. The average molecular weight is 382 g/mol. The number of rotatable bonds is 7. The summed E-state index contributed by atoms with van der Waals surface area (Å²) in [5, 5.41) is 4.26. The van der Waals surface area contributed by atoms with E-state index in [1.807, 2.05) is 51.1 Å². The van der Waals surface area contributed by atoms with Crippen LogP contribution in [0, 0.1) is 18.7 Å². The number of benzene rings is 2. The van der Waals surface area contributed by atoms with E-state index in [-0.39, 0.29) is 23.7 Å². The zero-order valence-electron chi connectivity index (χ0n) is 16.7. The summed E-state index contributed by atoms with van der Waals surface area (Å²) in [5.74, 6) is 0.00837. The van der Waals surface area contributed by atoms with Crippen LogP contribution in [0.3, 0.4) is 0 Å². The van der Waals surface area contributed by atoms with E-state index in [0.717, 1.165) is 22.4 Å². The Bertz CT molecular complexity index is 863. The topological polar surface area (TPSA) is 41.9 Å². The minimum Gasteiger partial charge on any atom is -0.390 e. The van der Waals surface area contributed by atoms with Crippen LogP contribution >= 0.6 is 0 Å². The summed E-state index contributed by atoms with van der Waals surface area (Å²) < 4.78 is 13.6. The van der Waals surface area contributed by atoms with Crippen LogP contribution in [-0.4, -0.2) is 29.2 Å². The third-order valence-electron chi connectivity index (χ3n) is 4.81. The van der Waals surface area contributed by atoms with Crippen molar-refractivity contribution in [3.05, 3.63) is 71.0 Å². The van der Waals surface area contributed by atoms with Crippen molar-refractivity contribution in [1.82, 2.24) is 4.90 Å². The van der Waals surface area contributed by atoms with Crippen molar-refractivity contribution in [2.24, 2.45) is 11.1 Å². The summed E-state index contributed by atoms with van der Waals surface area (Å²) >= 11 is 0. The van der Waals surface area contributed by atoms with Crippen molar-refractivity contribution >= 4 is 11.6 Å². The second kappa shape index (κ2) is 9.00. The Hall–Kier alpha value is -2.69. The van der Waals surface area contributed by atoms with Crippen molar-refractivity contribution in [3.8, 4) is 0 Å². The molecule has 148 valence electrons. The highest BCUT2D eigenvalue weighted by Crippen LogP contribution is 2.21. The monoisotopic (exact) mass is 382 g/mol. The fraction of sp³-hybridized carbons (Fsp3) is 0.391. The third kappa shape index (κ3) is 5.18. The van der Waals surface area contributed by atoms with Gasteiger partial charge in [0.2, 0.25) is 5.91 Å². The van der Waals surface area contributed by atoms with Gasteiger partial charge in [-0.1, -0.05) is 55.4 Å². The Morgan fingerprint density at radius 1 is 1.25 bits per heavy atom. The maximum Gasteiger partial charge on any atom is 0.223 e. The van der Waals surface area contributed by atoms with Gasteiger partial charge < -0.3 is 9.74 Å². The number of oxime groups is 1. The molecule has 1 aliphatic heterocycles. The molecule has 0 N–H and O–H groups in total. The highest BCUT2D eigenvalue weighted by atomic mass is 19.1. The van der Waals surface area contributed by atoms with E-state index in [1.54, 1.807) is 11.0 Å². The molecule has 1 aliphatic rings. The summed E-state index contributed by atoms with van der Waals surface area (Å²) in [5.41, 5.74) is 3.91. The maximum absolute atomic E-state index is 13.6. The molecule has 2 aromatic carbocycles. The fourth-order valence-electron chi connectivity index (χ4n) is 3.42. The number of carbonyl (C=O) groups excluding carboxylic acids is 1. The number of aryl methyl sites for hydroxylation is 1. The lowest BCUT2D eigenvalue weighted by atomic mass is 10.00. The van der Waals surface area contributed by atoms with Gasteiger partial charge >= 0.3 is 0 Å². The van der Waals surface area contributed by atoms with Crippen LogP contribution in [0.1, 0.15) is 43.4 Å². The summed E-state index contributed by atoms with van der Waals surface area (Å²) in [6, 6.07) is 14.5. The second-order valence-corrected chi connectivity index (χ2v) is 7.79. The first-order chi connectivity index (χ1) is 13.4. The molecule has 2 aromatic rings. The molecule has 0 fully saturated rings. The summed E-state index contributed by atoms with van der Waals surface area (Å²) in [6.45, 7) is 6.88. The van der Waals surface area contributed by atoms with E-state index in [9.17, 15) is 9.18 Å². The number of nitrogens with zero attached hydrogens (tertiary/aromatic N) is 2. The lowest BCUT2D eigenvalue weighted by Gasteiger charge is -2.26. The van der Waals surface area contributed by atoms with Crippen LogP contribution in [0.25, 0.3) is 0 Å². The smallest absolute Gasteiger partial charge is 0.223 e. The van der Waals surface area contributed by atoms with E-state index in [1.165, 1.54) is 12.1 Å². The fourth-order valence-corrected chi connectivity index (χ4v) is 3.42. The predicted octanol–water partition coefficient (Wildman–Crippen LogP) is 4.70. The first kappa shape index (κ1) is 20.1. The molecule has 0 saturated heterocycles. The van der Waals surface area contributed by atoms with Crippen molar-refractivity contribution in [2.75, 3.05) is 6.54 Å². The van der Waals surface area contributed by atoms with Crippen LogP contribution in [0.4, 0.5) is 4.39 Å². The summed E-state index contributed by atoms with van der Waals surface area (Å²) in [6.07, 6.45) is 0.909. The van der Waals surface area contributed by atoms with Gasteiger partial charge in [-0.3, -0.25) is 4.79 Å². The summed E-state index contributed by atoms with van der Waals surface area (Å²) in [4.78, 5) is 20.2. The van der Waals surface area contributed by atoms with Crippen molar-refractivity contribution in [3.63, 3.8) is 0 Å². The van der Waals surface area contributed by atoms with Crippen molar-refractivity contribution in [1.29, 1.82) is 0 Å². The molecule has 5 heteroatoms. The quantitative estimate of drug-likeness (QED) is 0.696. The van der Waals surface area contributed by atoms with Crippen LogP contribution in [0.2, 0.25) is 0 Å². The highest BCUT2D eigenvalue weighted by molar-refractivity contribution is 6.02. The average Bonchev–Trinajstić information content (AvgIpc) is 3.09. The van der Waals surface area contributed by atoms with Crippen molar-refractivity contribution in [2.45, 2.75) is 46.3 Å². The third-order valence-corrected chi connectivity index (χ3v) is 4.81. The SMILES string of the molecule is Cc1ccccc1C1=NO[C@H](CN(Cc2cccc(F)c2)C(=O)CC(C)C)C1. The Morgan fingerprint density at radius 3 is 2.75 bits per heavy atom. The van der Waals surface area contributed by atoms with Gasteiger partial charge in [-0.2, -0.15) is 0 Å². The largest absolute Gasteiger partial charge is 0.390 e. The van der Waals surface area contributed by atoms with Gasteiger partial charge in [0, 0.05) is 24.9 Å². The Labute approximate surface area is 166 Å². The first-order valence-electron chi connectivity index (χ1n) is 9.73. The zero-order valence-corrected chi connectivity index (χ0v) is 16.7. The molecule has 3 rings (SSSR count). The Morgan fingerprint density at radius 2 is 2.04 bits per heavy atom. The van der Waals surface area contributed by atoms with Gasteiger partial charge in [0.25, 0.3) is 0 Å². The van der Waals surface area contributed by atoms with Crippen LogP contribution in [0.15, 0.2) is 53.7 Å². The first-order valence-corrected chi connectivity index (χ1v) is 9.73. The molecule has 0 radical (unpaired) electrons. The second-order valence-electron chi connectivity index (χ2n) is 7.79. The molecule has 1 atom stereocenters. The van der Waals surface area contributed by atoms with Crippen LogP contribution in [0.5, 0.6) is 0 Å². The zero-order chi connectivity index (χ0) is 20.1. The number of halogens is 1. The van der Waals surface area contributed by atoms with E-state index >= 15 is 0 Å². The lowest BCUT2D eigenvalue weighted by Crippen LogP contribution is -2.37. The molecule has 0 bridgehead atoms. The van der Waals surface area contributed by atoms with Gasteiger partial charge in [0.05, 0.1) is 12.3 Å². The highest BCUT2D eigenvalue weighted by Gasteiger charge is 2.27. The van der Waals surface area contributed by atoms with E-state index in [2.05, 4.69) is 5.16 Å². The van der Waals surface area contributed by atoms with Crippen LogP contribution < -0.4 is 0 Å². The minimum absolute atomic E-state index is 0.0483. The number of amides is 1. The molecule has 1 amide bonds. The normalized spacial score (nSPS) is 16.0. The number of hydrogen-bond acceptors (Lipinski definition) is 3. The molecule has 0 saturated carbocycles. The lowest BCUT2D eigenvalue weighted by molar-refractivity contribution is -0.134. The molecule has 28 heavy (non-hydrogen) atoms. The number of hydrogen-bond donors (Lipinski definition) is 0. The van der Waals surface area contributed by atoms with Crippen molar-refractivity contribution < 1.29 is 14.0 Å². The minimum atomic E-state index is -0.295. The molecule has 4 nitrogen and oxygen atoms in total. The van der Waals surface area contributed by atoms with E-state index in [4.69, 9.17) is 4.84 Å². The van der Waals surface area contributed by atoms with Gasteiger partial charge in [-0.05, 0) is 36.1 Å². The molecular weight excluding hydrogens is 355 g/mol. The molecule has 0 aromatic heterocycles. The molecule has 0 aliphatic carbocycles. The van der Waals surface area contributed by atoms with Crippen LogP contribution in [-0.2, 0) is 16.2 Å². The number of carbonyl (C=O) groups is 1. The van der Waals surface area contributed by atoms with Gasteiger partial charge in [0.1, 0.15) is 5.82 Å². The van der Waals surface area contributed by atoms with Gasteiger partial charge in [-0.25, -0.2) is 4.39 Å². The standard InChI is InChI=1S/C23H27FN2O2/c1-16(2)11-23(27)26(14-18-8-6-9-19(24)12-18)15-20-13-22(25-28-20)21-10-5-4-7-17(21)3/h4-10,12,16,20H,11,13-15H2,1-3H3/t20-/m0/s1. The maximum atomic E-state index is 13.6. The van der Waals surface area contributed by atoms with Gasteiger partial charge in [-0.15, -0.1) is 0 Å². The Balaban J connectivity index is 1.69. The predicted molar refractivity (Wildman–Crippen MR) is 108 cm³/mol. The Kier molecular flexibility index (Phi) is 6.45. The van der Waals surface area contributed by atoms with E-state index < -0.39 is 0 Å². The molecule has 0 unspecified atom stereocenters. The molecular formula is C23H27FN2O2. The van der Waals surface area contributed by atoms with Gasteiger partial charge in [0.15, 0.2) is 6.10 Å².